The highest BCUT2D eigenvalue weighted by molar-refractivity contribution is 9.10. The molecule has 9 heteroatoms. The average molecular weight is 497 g/mol. The highest BCUT2D eigenvalue weighted by atomic mass is 79.9. The predicted molar refractivity (Wildman–Crippen MR) is 126 cm³/mol. The smallest absolute Gasteiger partial charge is 0.261 e. The van der Waals surface area contributed by atoms with Crippen LogP contribution >= 0.6 is 28.1 Å². The summed E-state index contributed by atoms with van der Waals surface area (Å²) in [6.07, 6.45) is 1.67. The SMILES string of the molecule is COc1ccc(Br)cc1C(=O)NC(=S)Nc1ccc(-c2nc3ncccc3o2)cc1C. The Balaban J connectivity index is 1.48. The first-order valence-electron chi connectivity index (χ1n) is 9.23. The van der Waals surface area contributed by atoms with Crippen LogP contribution in [0.15, 0.2) is 63.6 Å². The number of thiocarbonyl (C=S) groups is 1. The number of carbonyl (C=O) groups excluding carboxylic acids is 1. The minimum Gasteiger partial charge on any atom is -0.496 e. The second kappa shape index (κ2) is 8.83. The van der Waals surface area contributed by atoms with E-state index in [1.54, 1.807) is 30.5 Å². The van der Waals surface area contributed by atoms with E-state index in [9.17, 15) is 4.79 Å². The van der Waals surface area contributed by atoms with E-state index in [2.05, 4.69) is 36.5 Å². The normalized spacial score (nSPS) is 10.7. The van der Waals surface area contributed by atoms with Gasteiger partial charge >= 0.3 is 0 Å². The Labute approximate surface area is 192 Å². The van der Waals surface area contributed by atoms with E-state index in [1.165, 1.54) is 7.11 Å². The molecule has 156 valence electrons. The number of halogens is 1. The monoisotopic (exact) mass is 496 g/mol. The molecule has 1 amide bonds. The predicted octanol–water partition coefficient (Wildman–Crippen LogP) is 5.10. The number of amides is 1. The van der Waals surface area contributed by atoms with Crippen molar-refractivity contribution in [1.29, 1.82) is 0 Å². The van der Waals surface area contributed by atoms with E-state index >= 15 is 0 Å². The minimum atomic E-state index is -0.371. The lowest BCUT2D eigenvalue weighted by Gasteiger charge is -2.13. The molecular weight excluding hydrogens is 480 g/mol. The molecule has 0 saturated heterocycles. The van der Waals surface area contributed by atoms with Crippen LogP contribution in [0.5, 0.6) is 5.75 Å². The number of hydrogen-bond donors (Lipinski definition) is 2. The molecule has 0 bridgehead atoms. The topological polar surface area (TPSA) is 89.3 Å². The number of nitrogens with one attached hydrogen (secondary N) is 2. The maximum absolute atomic E-state index is 12.6. The second-order valence-electron chi connectivity index (χ2n) is 6.63. The van der Waals surface area contributed by atoms with E-state index in [1.807, 2.05) is 31.2 Å². The highest BCUT2D eigenvalue weighted by Crippen LogP contribution is 2.27. The lowest BCUT2D eigenvalue weighted by Crippen LogP contribution is -2.34. The van der Waals surface area contributed by atoms with E-state index in [0.717, 1.165) is 21.3 Å². The zero-order valence-corrected chi connectivity index (χ0v) is 19.0. The number of pyridine rings is 1. The summed E-state index contributed by atoms with van der Waals surface area (Å²) in [4.78, 5) is 21.2. The van der Waals surface area contributed by atoms with Crippen molar-refractivity contribution in [2.45, 2.75) is 6.92 Å². The lowest BCUT2D eigenvalue weighted by atomic mass is 10.1. The van der Waals surface area contributed by atoms with Crippen LogP contribution in [-0.2, 0) is 0 Å². The molecule has 2 aromatic carbocycles. The molecule has 2 N–H and O–H groups in total. The van der Waals surface area contributed by atoms with Crippen LogP contribution in [0, 0.1) is 6.92 Å². The van der Waals surface area contributed by atoms with Crippen LogP contribution < -0.4 is 15.4 Å². The zero-order chi connectivity index (χ0) is 22.0. The van der Waals surface area contributed by atoms with Gasteiger partial charge in [0.05, 0.1) is 12.7 Å². The molecular formula is C22H17BrN4O3S. The van der Waals surface area contributed by atoms with Gasteiger partial charge in [0.25, 0.3) is 5.91 Å². The van der Waals surface area contributed by atoms with Gasteiger partial charge in [-0.1, -0.05) is 15.9 Å². The maximum atomic E-state index is 12.6. The van der Waals surface area contributed by atoms with Crippen LogP contribution in [0.4, 0.5) is 5.69 Å². The van der Waals surface area contributed by atoms with Crippen LogP contribution in [0.25, 0.3) is 22.7 Å². The summed E-state index contributed by atoms with van der Waals surface area (Å²) in [6.45, 7) is 1.93. The fourth-order valence-corrected chi connectivity index (χ4v) is 3.57. The summed E-state index contributed by atoms with van der Waals surface area (Å²) < 4.78 is 11.8. The number of ether oxygens (including phenoxy) is 1. The van der Waals surface area contributed by atoms with Crippen molar-refractivity contribution in [2.75, 3.05) is 12.4 Å². The van der Waals surface area contributed by atoms with E-state index in [-0.39, 0.29) is 11.0 Å². The summed E-state index contributed by atoms with van der Waals surface area (Å²) in [6, 6.07) is 14.4. The maximum Gasteiger partial charge on any atom is 0.261 e. The van der Waals surface area contributed by atoms with Crippen molar-refractivity contribution in [3.63, 3.8) is 0 Å². The summed E-state index contributed by atoms with van der Waals surface area (Å²) in [5.41, 5.74) is 4.04. The van der Waals surface area contributed by atoms with Crippen LogP contribution in [0.2, 0.25) is 0 Å². The Bertz CT molecular complexity index is 1270. The van der Waals surface area contributed by atoms with Crippen LogP contribution in [0.1, 0.15) is 15.9 Å². The molecule has 0 atom stereocenters. The number of rotatable bonds is 4. The third-order valence-electron chi connectivity index (χ3n) is 4.52. The molecule has 7 nitrogen and oxygen atoms in total. The molecule has 2 aromatic heterocycles. The second-order valence-corrected chi connectivity index (χ2v) is 7.95. The van der Waals surface area contributed by atoms with Crippen LogP contribution in [0.3, 0.4) is 0 Å². The van der Waals surface area contributed by atoms with Gasteiger partial charge < -0.3 is 14.5 Å². The number of aryl methyl sites for hydroxylation is 1. The molecule has 0 aliphatic carbocycles. The minimum absolute atomic E-state index is 0.175. The summed E-state index contributed by atoms with van der Waals surface area (Å²) in [5, 5.41) is 5.91. The third-order valence-corrected chi connectivity index (χ3v) is 5.22. The Morgan fingerprint density at radius 1 is 1.19 bits per heavy atom. The molecule has 0 unspecified atom stereocenters. The number of aromatic nitrogens is 2. The van der Waals surface area contributed by atoms with E-state index < -0.39 is 0 Å². The number of oxazole rings is 1. The number of methoxy groups -OCH3 is 1. The average Bonchev–Trinajstić information content (AvgIpc) is 3.19. The van der Waals surface area contributed by atoms with Gasteiger partial charge in [0.2, 0.25) is 5.89 Å². The zero-order valence-electron chi connectivity index (χ0n) is 16.6. The van der Waals surface area contributed by atoms with Crippen LogP contribution in [-0.4, -0.2) is 28.1 Å². The van der Waals surface area contributed by atoms with Gasteiger partial charge in [-0.25, -0.2) is 4.98 Å². The van der Waals surface area contributed by atoms with Crippen molar-refractivity contribution in [1.82, 2.24) is 15.3 Å². The number of anilines is 1. The fraction of sp³-hybridized carbons (Fsp3) is 0.0909. The molecule has 0 aliphatic heterocycles. The lowest BCUT2D eigenvalue weighted by molar-refractivity contribution is 0.0974. The first-order chi connectivity index (χ1) is 14.9. The molecule has 0 fully saturated rings. The largest absolute Gasteiger partial charge is 0.496 e. The first kappa shape index (κ1) is 21.0. The molecule has 2 heterocycles. The summed E-state index contributed by atoms with van der Waals surface area (Å²) >= 11 is 8.68. The van der Waals surface area contributed by atoms with Gasteiger partial charge in [-0.3, -0.25) is 10.1 Å². The molecule has 4 rings (SSSR count). The molecule has 31 heavy (non-hydrogen) atoms. The Morgan fingerprint density at radius 3 is 2.77 bits per heavy atom. The number of fused-ring (bicyclic) bond motifs is 1. The van der Waals surface area contributed by atoms with Crippen molar-refractivity contribution in [3.05, 3.63) is 70.3 Å². The van der Waals surface area contributed by atoms with Gasteiger partial charge in [-0.2, -0.15) is 4.98 Å². The molecule has 0 spiro atoms. The summed E-state index contributed by atoms with van der Waals surface area (Å²) in [5.74, 6) is 0.571. The van der Waals surface area contributed by atoms with E-state index in [0.29, 0.717) is 28.4 Å². The van der Waals surface area contributed by atoms with Crippen molar-refractivity contribution in [2.24, 2.45) is 0 Å². The van der Waals surface area contributed by atoms with E-state index in [4.69, 9.17) is 21.4 Å². The van der Waals surface area contributed by atoms with Gasteiger partial charge in [-0.15, -0.1) is 0 Å². The number of carbonyl (C=O) groups is 1. The molecule has 4 aromatic rings. The van der Waals surface area contributed by atoms with Gasteiger partial charge in [-0.05, 0) is 73.2 Å². The molecule has 0 radical (unpaired) electrons. The Morgan fingerprint density at radius 2 is 2.03 bits per heavy atom. The first-order valence-corrected chi connectivity index (χ1v) is 10.4. The van der Waals surface area contributed by atoms with Crippen molar-refractivity contribution >= 4 is 56.1 Å². The highest BCUT2D eigenvalue weighted by Gasteiger charge is 2.15. The Hall–Kier alpha value is -3.30. The van der Waals surface area contributed by atoms with Gasteiger partial charge in [0, 0.05) is 21.9 Å². The third kappa shape index (κ3) is 4.57. The number of nitrogens with zero attached hydrogens (tertiary/aromatic N) is 2. The number of benzene rings is 2. The fourth-order valence-electron chi connectivity index (χ4n) is 3.01. The summed E-state index contributed by atoms with van der Waals surface area (Å²) in [7, 11) is 1.51. The quantitative estimate of drug-likeness (QED) is 0.380. The van der Waals surface area contributed by atoms with Crippen molar-refractivity contribution < 1.29 is 13.9 Å². The Kier molecular flexibility index (Phi) is 5.97. The molecule has 0 aliphatic rings. The number of hydrogen-bond acceptors (Lipinski definition) is 6. The molecule has 0 saturated carbocycles. The standard InChI is InChI=1S/C22H17BrN4O3S/c1-12-10-13(21-26-19-18(30-21)4-3-9-24-19)5-7-16(12)25-22(31)27-20(28)15-11-14(23)6-8-17(15)29-2/h3-11H,1-2H3,(H2,25,27,28,31). The van der Waals surface area contributed by atoms with Crippen molar-refractivity contribution in [3.8, 4) is 17.2 Å². The van der Waals surface area contributed by atoms with Gasteiger partial charge in [0.1, 0.15) is 5.75 Å². The van der Waals surface area contributed by atoms with Gasteiger partial charge in [0.15, 0.2) is 16.3 Å².